The average Bonchev–Trinajstić information content (AvgIpc) is 3.26. The van der Waals surface area contributed by atoms with Crippen molar-refractivity contribution in [3.63, 3.8) is 0 Å². The molecule has 3 heterocycles. The Labute approximate surface area is 175 Å². The molecule has 1 unspecified atom stereocenters. The van der Waals surface area contributed by atoms with Crippen LogP contribution in [0.4, 0.5) is 11.5 Å². The first-order chi connectivity index (χ1) is 14.6. The molecule has 0 radical (unpaired) electrons. The van der Waals surface area contributed by atoms with Crippen LogP contribution in [0.25, 0.3) is 5.82 Å². The molecule has 1 saturated heterocycles. The lowest BCUT2D eigenvalue weighted by atomic mass is 10.0. The molecule has 1 amide bonds. The molecule has 0 aliphatic carbocycles. The highest BCUT2D eigenvalue weighted by Gasteiger charge is 2.20. The van der Waals surface area contributed by atoms with Gasteiger partial charge in [0.1, 0.15) is 35.7 Å². The Morgan fingerprint density at radius 2 is 1.97 bits per heavy atom. The fourth-order valence-corrected chi connectivity index (χ4v) is 3.64. The van der Waals surface area contributed by atoms with Crippen LogP contribution < -0.4 is 15.0 Å². The minimum atomic E-state index is -0.281. The summed E-state index contributed by atoms with van der Waals surface area (Å²) in [7, 11) is 0. The smallest absolute Gasteiger partial charge is 0.275 e. The van der Waals surface area contributed by atoms with Crippen LogP contribution in [-0.2, 0) is 0 Å². The number of hydrogen-bond acceptors (Lipinski definition) is 6. The summed E-state index contributed by atoms with van der Waals surface area (Å²) >= 11 is 0. The van der Waals surface area contributed by atoms with Crippen LogP contribution >= 0.6 is 0 Å². The number of aromatic nitrogens is 4. The van der Waals surface area contributed by atoms with E-state index in [9.17, 15) is 4.79 Å². The first-order valence-electron chi connectivity index (χ1n) is 10.3. The van der Waals surface area contributed by atoms with E-state index in [1.54, 1.807) is 35.6 Å². The zero-order valence-electron chi connectivity index (χ0n) is 17.3. The van der Waals surface area contributed by atoms with Crippen LogP contribution in [0.2, 0.25) is 0 Å². The lowest BCUT2D eigenvalue weighted by Gasteiger charge is -2.34. The highest BCUT2D eigenvalue weighted by atomic mass is 16.5. The summed E-state index contributed by atoms with van der Waals surface area (Å²) in [6, 6.07) is 9.65. The van der Waals surface area contributed by atoms with Gasteiger partial charge in [-0.1, -0.05) is 0 Å². The fraction of sp³-hybridized carbons (Fsp3) is 0.364. The van der Waals surface area contributed by atoms with Gasteiger partial charge in [-0.3, -0.25) is 9.36 Å². The second kappa shape index (κ2) is 8.94. The Bertz CT molecular complexity index is 1000. The summed E-state index contributed by atoms with van der Waals surface area (Å²) < 4.78 is 7.16. The van der Waals surface area contributed by atoms with Crippen molar-refractivity contribution in [1.29, 1.82) is 0 Å². The number of carbonyl (C=O) groups excluding carboxylic acids is 1. The molecule has 8 nitrogen and oxygen atoms in total. The third-order valence-corrected chi connectivity index (χ3v) is 5.24. The molecule has 30 heavy (non-hydrogen) atoms. The van der Waals surface area contributed by atoms with Crippen molar-refractivity contribution in [2.45, 2.75) is 39.2 Å². The lowest BCUT2D eigenvalue weighted by molar-refractivity contribution is 0.102. The topological polar surface area (TPSA) is 85.2 Å². The molecule has 156 valence electrons. The maximum Gasteiger partial charge on any atom is 0.275 e. The minimum absolute atomic E-state index is 0.281. The summed E-state index contributed by atoms with van der Waals surface area (Å²) in [4.78, 5) is 27.9. The summed E-state index contributed by atoms with van der Waals surface area (Å²) in [5, 5.41) is 2.85. The zero-order chi connectivity index (χ0) is 20.9. The maximum absolute atomic E-state index is 12.6. The first-order valence-corrected chi connectivity index (χ1v) is 10.3. The number of nitrogens with one attached hydrogen (secondary N) is 1. The fourth-order valence-electron chi connectivity index (χ4n) is 3.64. The number of amides is 1. The Hall–Kier alpha value is -3.42. The number of rotatable bonds is 6. The SMILES string of the molecule is CCOc1ccc(NC(=O)c2cn(-c3cc(N4CCCCC4C)ncn3)cn2)cc1. The van der Waals surface area contributed by atoms with Crippen LogP contribution in [0.15, 0.2) is 49.2 Å². The number of benzene rings is 1. The summed E-state index contributed by atoms with van der Waals surface area (Å²) in [6.07, 6.45) is 8.43. The van der Waals surface area contributed by atoms with Crippen LogP contribution in [0.5, 0.6) is 5.75 Å². The van der Waals surface area contributed by atoms with Crippen LogP contribution in [0, 0.1) is 0 Å². The average molecular weight is 406 g/mol. The molecule has 2 aromatic heterocycles. The first kappa shape index (κ1) is 19.9. The molecule has 0 spiro atoms. The molecule has 1 aliphatic heterocycles. The van der Waals surface area contributed by atoms with Crippen molar-refractivity contribution in [2.24, 2.45) is 0 Å². The van der Waals surface area contributed by atoms with E-state index in [0.29, 0.717) is 29.8 Å². The lowest BCUT2D eigenvalue weighted by Crippen LogP contribution is -2.38. The number of anilines is 2. The second-order valence-electron chi connectivity index (χ2n) is 7.35. The van der Waals surface area contributed by atoms with Gasteiger partial charge in [0.15, 0.2) is 0 Å². The molecular formula is C22H26N6O2. The van der Waals surface area contributed by atoms with E-state index < -0.39 is 0 Å². The number of hydrogen-bond donors (Lipinski definition) is 1. The Morgan fingerprint density at radius 3 is 2.73 bits per heavy atom. The summed E-state index contributed by atoms with van der Waals surface area (Å²) in [6.45, 7) is 5.75. The molecule has 1 N–H and O–H groups in total. The van der Waals surface area contributed by atoms with E-state index in [1.165, 1.54) is 19.3 Å². The molecule has 0 bridgehead atoms. The molecule has 8 heteroatoms. The third-order valence-electron chi connectivity index (χ3n) is 5.24. The van der Waals surface area contributed by atoms with Gasteiger partial charge in [0.25, 0.3) is 5.91 Å². The normalized spacial score (nSPS) is 16.3. The van der Waals surface area contributed by atoms with Gasteiger partial charge in [-0.25, -0.2) is 15.0 Å². The molecule has 0 saturated carbocycles. The standard InChI is InChI=1S/C22H26N6O2/c1-3-30-18-9-7-17(8-10-18)26-22(29)19-13-27(15-25-19)20-12-21(24-14-23-20)28-11-5-4-6-16(28)2/h7-10,12-16H,3-6,11H2,1-2H3,(H,26,29). The molecule has 4 rings (SSSR count). The highest BCUT2D eigenvalue weighted by Crippen LogP contribution is 2.24. The molecule has 1 aliphatic rings. The van der Waals surface area contributed by atoms with Gasteiger partial charge in [-0.05, 0) is 57.4 Å². The number of piperidine rings is 1. The maximum atomic E-state index is 12.6. The van der Waals surface area contributed by atoms with E-state index in [4.69, 9.17) is 4.74 Å². The Morgan fingerprint density at radius 1 is 1.17 bits per heavy atom. The summed E-state index contributed by atoms with van der Waals surface area (Å²) in [5.41, 5.74) is 0.997. The Kier molecular flexibility index (Phi) is 5.92. The summed E-state index contributed by atoms with van der Waals surface area (Å²) in [5.74, 6) is 2.07. The molecule has 1 fully saturated rings. The molecule has 1 aromatic carbocycles. The van der Waals surface area contributed by atoms with Gasteiger partial charge in [0, 0.05) is 30.5 Å². The van der Waals surface area contributed by atoms with E-state index in [2.05, 4.69) is 32.1 Å². The van der Waals surface area contributed by atoms with E-state index >= 15 is 0 Å². The van der Waals surface area contributed by atoms with Crippen molar-refractivity contribution in [2.75, 3.05) is 23.4 Å². The monoisotopic (exact) mass is 406 g/mol. The predicted molar refractivity (Wildman–Crippen MR) is 115 cm³/mol. The van der Waals surface area contributed by atoms with Crippen molar-refractivity contribution in [3.05, 3.63) is 54.9 Å². The largest absolute Gasteiger partial charge is 0.494 e. The molecule has 1 atom stereocenters. The third kappa shape index (κ3) is 4.42. The Balaban J connectivity index is 1.47. The van der Waals surface area contributed by atoms with Gasteiger partial charge in [0.05, 0.1) is 6.61 Å². The highest BCUT2D eigenvalue weighted by molar-refractivity contribution is 6.02. The van der Waals surface area contributed by atoms with Crippen LogP contribution in [0.3, 0.4) is 0 Å². The van der Waals surface area contributed by atoms with Crippen molar-refractivity contribution < 1.29 is 9.53 Å². The van der Waals surface area contributed by atoms with Crippen molar-refractivity contribution >= 4 is 17.4 Å². The molecular weight excluding hydrogens is 380 g/mol. The van der Waals surface area contributed by atoms with Crippen LogP contribution in [-0.4, -0.2) is 44.6 Å². The van der Waals surface area contributed by atoms with Gasteiger partial charge < -0.3 is 15.0 Å². The molecule has 3 aromatic rings. The minimum Gasteiger partial charge on any atom is -0.494 e. The number of imidazole rings is 1. The van der Waals surface area contributed by atoms with Gasteiger partial charge in [0.2, 0.25) is 0 Å². The predicted octanol–water partition coefficient (Wildman–Crippen LogP) is 3.69. The quantitative estimate of drug-likeness (QED) is 0.672. The zero-order valence-corrected chi connectivity index (χ0v) is 17.3. The van der Waals surface area contributed by atoms with Crippen molar-refractivity contribution in [3.8, 4) is 11.6 Å². The number of ether oxygens (including phenoxy) is 1. The van der Waals surface area contributed by atoms with Crippen LogP contribution in [0.1, 0.15) is 43.6 Å². The second-order valence-corrected chi connectivity index (χ2v) is 7.35. The van der Waals surface area contributed by atoms with E-state index in [0.717, 1.165) is 18.1 Å². The van der Waals surface area contributed by atoms with Gasteiger partial charge >= 0.3 is 0 Å². The van der Waals surface area contributed by atoms with Crippen molar-refractivity contribution in [1.82, 2.24) is 19.5 Å². The van der Waals surface area contributed by atoms with Gasteiger partial charge in [-0.2, -0.15) is 0 Å². The van der Waals surface area contributed by atoms with E-state index in [1.807, 2.05) is 25.1 Å². The number of nitrogens with zero attached hydrogens (tertiary/aromatic N) is 5. The van der Waals surface area contributed by atoms with E-state index in [-0.39, 0.29) is 5.91 Å². The number of carbonyl (C=O) groups is 1. The van der Waals surface area contributed by atoms with Gasteiger partial charge in [-0.15, -0.1) is 0 Å².